The van der Waals surface area contributed by atoms with Gasteiger partial charge in [-0.15, -0.1) is 0 Å². The molecule has 2 aromatic rings. The summed E-state index contributed by atoms with van der Waals surface area (Å²) in [5, 5.41) is 4.72. The molecule has 0 saturated carbocycles. The molecule has 134 valence electrons. The van der Waals surface area contributed by atoms with Crippen LogP contribution in [0, 0.1) is 5.92 Å². The maximum Gasteiger partial charge on any atom is 0.241 e. The Hall–Kier alpha value is -1.92. The normalized spacial score (nSPS) is 15.8. The topological polar surface area (TPSA) is 62.5 Å². The first-order chi connectivity index (χ1) is 12.0. The van der Waals surface area contributed by atoms with E-state index in [1.807, 2.05) is 17.0 Å². The van der Waals surface area contributed by atoms with Crippen LogP contribution in [-0.4, -0.2) is 52.0 Å². The van der Waals surface area contributed by atoms with E-state index in [0.717, 1.165) is 31.7 Å². The Balaban J connectivity index is 1.53. The minimum Gasteiger partial charge on any atom is -0.340 e. The van der Waals surface area contributed by atoms with Crippen molar-refractivity contribution in [2.24, 2.45) is 5.92 Å². The van der Waals surface area contributed by atoms with Gasteiger partial charge in [-0.25, -0.2) is 0 Å². The lowest BCUT2D eigenvalue weighted by Gasteiger charge is -2.34. The Morgan fingerprint density at radius 2 is 1.88 bits per heavy atom. The van der Waals surface area contributed by atoms with Crippen molar-refractivity contribution in [2.45, 2.75) is 26.8 Å². The van der Waals surface area contributed by atoms with Crippen molar-refractivity contribution >= 4 is 17.5 Å². The third kappa shape index (κ3) is 4.80. The van der Waals surface area contributed by atoms with Gasteiger partial charge in [0.1, 0.15) is 0 Å². The molecule has 1 aromatic carbocycles. The van der Waals surface area contributed by atoms with E-state index in [9.17, 15) is 4.79 Å². The summed E-state index contributed by atoms with van der Waals surface area (Å²) < 4.78 is 5.36. The van der Waals surface area contributed by atoms with Crippen LogP contribution in [0.25, 0.3) is 11.4 Å². The van der Waals surface area contributed by atoms with Crippen LogP contribution in [0.15, 0.2) is 28.8 Å². The maximum absolute atomic E-state index is 12.1. The fourth-order valence-corrected chi connectivity index (χ4v) is 2.99. The molecule has 1 aliphatic rings. The summed E-state index contributed by atoms with van der Waals surface area (Å²) in [4.78, 5) is 20.8. The molecule has 2 heterocycles. The zero-order valence-corrected chi connectivity index (χ0v) is 15.4. The quantitative estimate of drug-likeness (QED) is 0.817. The van der Waals surface area contributed by atoms with Crippen molar-refractivity contribution in [2.75, 3.05) is 26.2 Å². The number of carbonyl (C=O) groups is 1. The van der Waals surface area contributed by atoms with Crippen molar-refractivity contribution in [3.8, 4) is 11.4 Å². The third-order valence-corrected chi connectivity index (χ3v) is 4.49. The van der Waals surface area contributed by atoms with Crippen molar-refractivity contribution in [1.82, 2.24) is 19.9 Å². The SMILES string of the molecule is CC(C)CC(=O)N1CCN(Cc2nc(-c3ccc(Cl)cc3)no2)CC1. The van der Waals surface area contributed by atoms with E-state index in [4.69, 9.17) is 16.1 Å². The zero-order chi connectivity index (χ0) is 17.8. The molecule has 0 radical (unpaired) electrons. The number of aromatic nitrogens is 2. The summed E-state index contributed by atoms with van der Waals surface area (Å²) in [6, 6.07) is 7.35. The van der Waals surface area contributed by atoms with Gasteiger partial charge in [-0.3, -0.25) is 9.69 Å². The van der Waals surface area contributed by atoms with Crippen LogP contribution in [-0.2, 0) is 11.3 Å². The van der Waals surface area contributed by atoms with E-state index < -0.39 is 0 Å². The summed E-state index contributed by atoms with van der Waals surface area (Å²) in [7, 11) is 0. The summed E-state index contributed by atoms with van der Waals surface area (Å²) in [5.74, 6) is 1.80. The summed E-state index contributed by atoms with van der Waals surface area (Å²) in [6.07, 6.45) is 0.619. The van der Waals surface area contributed by atoms with Gasteiger partial charge in [0.2, 0.25) is 17.6 Å². The van der Waals surface area contributed by atoms with Crippen molar-refractivity contribution in [3.63, 3.8) is 0 Å². The predicted molar refractivity (Wildman–Crippen MR) is 96.1 cm³/mol. The van der Waals surface area contributed by atoms with Crippen LogP contribution < -0.4 is 0 Å². The second kappa shape index (κ2) is 7.97. The number of rotatable bonds is 5. The molecule has 1 aromatic heterocycles. The lowest BCUT2D eigenvalue weighted by atomic mass is 10.1. The van der Waals surface area contributed by atoms with Gasteiger partial charge in [0, 0.05) is 43.2 Å². The first kappa shape index (κ1) is 17.9. The molecule has 0 atom stereocenters. The highest BCUT2D eigenvalue weighted by atomic mass is 35.5. The van der Waals surface area contributed by atoms with Gasteiger partial charge in [-0.2, -0.15) is 4.98 Å². The highest BCUT2D eigenvalue weighted by molar-refractivity contribution is 6.30. The van der Waals surface area contributed by atoms with E-state index in [2.05, 4.69) is 28.9 Å². The van der Waals surface area contributed by atoms with Crippen molar-refractivity contribution in [3.05, 3.63) is 35.2 Å². The van der Waals surface area contributed by atoms with Crippen LogP contribution >= 0.6 is 11.6 Å². The van der Waals surface area contributed by atoms with Crippen LogP contribution in [0.1, 0.15) is 26.2 Å². The second-order valence-electron chi connectivity index (χ2n) is 6.77. The fourth-order valence-electron chi connectivity index (χ4n) is 2.86. The molecule has 1 saturated heterocycles. The average molecular weight is 363 g/mol. The van der Waals surface area contributed by atoms with Crippen LogP contribution in [0.5, 0.6) is 0 Å². The van der Waals surface area contributed by atoms with Gasteiger partial charge in [0.05, 0.1) is 6.54 Å². The molecule has 0 spiro atoms. The van der Waals surface area contributed by atoms with Gasteiger partial charge >= 0.3 is 0 Å². The van der Waals surface area contributed by atoms with Crippen molar-refractivity contribution < 1.29 is 9.32 Å². The molecule has 6 nitrogen and oxygen atoms in total. The Kier molecular flexibility index (Phi) is 5.71. The Bertz CT molecular complexity index is 706. The molecular formula is C18H23ClN4O2. The van der Waals surface area contributed by atoms with E-state index in [1.54, 1.807) is 12.1 Å². The first-order valence-electron chi connectivity index (χ1n) is 8.60. The number of hydrogen-bond donors (Lipinski definition) is 0. The number of hydrogen-bond acceptors (Lipinski definition) is 5. The maximum atomic E-state index is 12.1. The average Bonchev–Trinajstić information content (AvgIpc) is 3.04. The molecule has 7 heteroatoms. The first-order valence-corrected chi connectivity index (χ1v) is 8.97. The minimum absolute atomic E-state index is 0.248. The van der Waals surface area contributed by atoms with Crippen LogP contribution in [0.2, 0.25) is 5.02 Å². The zero-order valence-electron chi connectivity index (χ0n) is 14.6. The Morgan fingerprint density at radius 3 is 2.52 bits per heavy atom. The monoisotopic (exact) mass is 362 g/mol. The Morgan fingerprint density at radius 1 is 1.20 bits per heavy atom. The molecule has 1 amide bonds. The highest BCUT2D eigenvalue weighted by Crippen LogP contribution is 2.19. The van der Waals surface area contributed by atoms with E-state index in [0.29, 0.717) is 35.6 Å². The highest BCUT2D eigenvalue weighted by Gasteiger charge is 2.23. The standard InChI is InChI=1S/C18H23ClN4O2/c1-13(2)11-17(24)23-9-7-22(8-10-23)12-16-20-18(21-25-16)14-3-5-15(19)6-4-14/h3-6,13H,7-12H2,1-2H3. The molecule has 0 unspecified atom stereocenters. The van der Waals surface area contributed by atoms with E-state index in [1.165, 1.54) is 0 Å². The second-order valence-corrected chi connectivity index (χ2v) is 7.21. The molecule has 3 rings (SSSR count). The number of amides is 1. The summed E-state index contributed by atoms with van der Waals surface area (Å²) >= 11 is 5.90. The molecule has 0 bridgehead atoms. The fraction of sp³-hybridized carbons (Fsp3) is 0.500. The van der Waals surface area contributed by atoms with Gasteiger partial charge < -0.3 is 9.42 Å². The van der Waals surface area contributed by atoms with Gasteiger partial charge in [-0.05, 0) is 30.2 Å². The molecule has 25 heavy (non-hydrogen) atoms. The molecule has 1 fully saturated rings. The number of benzene rings is 1. The number of carbonyl (C=O) groups excluding carboxylic acids is 1. The summed E-state index contributed by atoms with van der Waals surface area (Å²) in [6.45, 7) is 7.90. The predicted octanol–water partition coefficient (Wildman–Crippen LogP) is 3.08. The van der Waals surface area contributed by atoms with Crippen molar-refractivity contribution in [1.29, 1.82) is 0 Å². The molecular weight excluding hydrogens is 340 g/mol. The van der Waals surface area contributed by atoms with Gasteiger partial charge in [-0.1, -0.05) is 30.6 Å². The van der Waals surface area contributed by atoms with E-state index in [-0.39, 0.29) is 5.91 Å². The number of nitrogens with zero attached hydrogens (tertiary/aromatic N) is 4. The minimum atomic E-state index is 0.248. The lowest BCUT2D eigenvalue weighted by Crippen LogP contribution is -2.48. The molecule has 0 N–H and O–H groups in total. The van der Waals surface area contributed by atoms with Gasteiger partial charge in [0.25, 0.3) is 0 Å². The van der Waals surface area contributed by atoms with Gasteiger partial charge in [0.15, 0.2) is 0 Å². The van der Waals surface area contributed by atoms with Crippen LogP contribution in [0.3, 0.4) is 0 Å². The largest absolute Gasteiger partial charge is 0.340 e. The van der Waals surface area contributed by atoms with Crippen LogP contribution in [0.4, 0.5) is 0 Å². The molecule has 1 aliphatic heterocycles. The molecule has 0 aliphatic carbocycles. The Labute approximate surface area is 152 Å². The lowest BCUT2D eigenvalue weighted by molar-refractivity contribution is -0.133. The number of halogens is 1. The van der Waals surface area contributed by atoms with E-state index >= 15 is 0 Å². The summed E-state index contributed by atoms with van der Waals surface area (Å²) in [5.41, 5.74) is 0.878. The smallest absolute Gasteiger partial charge is 0.241 e. The third-order valence-electron chi connectivity index (χ3n) is 4.24. The number of piperazine rings is 1.